The second-order valence-electron chi connectivity index (χ2n) is 4.92. The summed E-state index contributed by atoms with van der Waals surface area (Å²) in [6.07, 6.45) is -3.00. The van der Waals surface area contributed by atoms with Gasteiger partial charge < -0.3 is 0 Å². The summed E-state index contributed by atoms with van der Waals surface area (Å²) in [5.41, 5.74) is 0.0156. The van der Waals surface area contributed by atoms with Crippen molar-refractivity contribution in [2.45, 2.75) is 6.18 Å². The molecule has 3 rings (SSSR count). The minimum Gasteiger partial charge on any atom is -0.235 e. The second kappa shape index (κ2) is 6.06. The van der Waals surface area contributed by atoms with E-state index in [4.69, 9.17) is 0 Å². The van der Waals surface area contributed by atoms with E-state index >= 15 is 0 Å². The van der Waals surface area contributed by atoms with Crippen LogP contribution in [-0.2, 0) is 6.18 Å². The first-order valence-corrected chi connectivity index (χ1v) is 7.54. The summed E-state index contributed by atoms with van der Waals surface area (Å²) in [4.78, 5) is 4.11. The standard InChI is InChI=1S/C17H8F4N2S/c18-13-3-1-2-10(7-13)6-11(9-22)16-23-14-8-12(17(19,20)21)4-5-15(14)24-16/h1-8H/b11-6+. The number of allylic oxidation sites excluding steroid dienone is 1. The highest BCUT2D eigenvalue weighted by atomic mass is 32.1. The van der Waals surface area contributed by atoms with Gasteiger partial charge in [0.05, 0.1) is 21.4 Å². The predicted octanol–water partition coefficient (Wildman–Crippen LogP) is 5.52. The Bertz CT molecular complexity index is 980. The molecular formula is C17H8F4N2S. The van der Waals surface area contributed by atoms with Crippen molar-refractivity contribution in [3.8, 4) is 6.07 Å². The van der Waals surface area contributed by atoms with Crippen LogP contribution in [0.4, 0.5) is 17.6 Å². The van der Waals surface area contributed by atoms with Gasteiger partial charge in [0.1, 0.15) is 16.9 Å². The number of alkyl halides is 3. The van der Waals surface area contributed by atoms with Gasteiger partial charge in [0.2, 0.25) is 0 Å². The van der Waals surface area contributed by atoms with E-state index in [1.165, 1.54) is 30.3 Å². The maximum Gasteiger partial charge on any atom is 0.416 e. The van der Waals surface area contributed by atoms with E-state index in [-0.39, 0.29) is 16.1 Å². The maximum absolute atomic E-state index is 13.2. The molecule has 0 radical (unpaired) electrons. The van der Waals surface area contributed by atoms with Crippen LogP contribution in [0.5, 0.6) is 0 Å². The minimum absolute atomic E-state index is 0.162. The summed E-state index contributed by atoms with van der Waals surface area (Å²) in [6, 6.07) is 10.9. The topological polar surface area (TPSA) is 36.7 Å². The van der Waals surface area contributed by atoms with Crippen molar-refractivity contribution in [3.63, 3.8) is 0 Å². The molecule has 0 saturated heterocycles. The summed E-state index contributed by atoms with van der Waals surface area (Å²) < 4.78 is 52.0. The fraction of sp³-hybridized carbons (Fsp3) is 0.0588. The molecular weight excluding hydrogens is 340 g/mol. The molecule has 1 aromatic heterocycles. The van der Waals surface area contributed by atoms with Gasteiger partial charge in [0.15, 0.2) is 0 Å². The van der Waals surface area contributed by atoms with E-state index in [2.05, 4.69) is 4.98 Å². The predicted molar refractivity (Wildman–Crippen MR) is 84.5 cm³/mol. The molecule has 0 N–H and O–H groups in total. The number of benzene rings is 2. The zero-order chi connectivity index (χ0) is 17.3. The van der Waals surface area contributed by atoms with E-state index in [0.29, 0.717) is 10.3 Å². The Balaban J connectivity index is 2.06. The lowest BCUT2D eigenvalue weighted by atomic mass is 10.1. The van der Waals surface area contributed by atoms with Gasteiger partial charge in [-0.2, -0.15) is 18.4 Å². The highest BCUT2D eigenvalue weighted by Gasteiger charge is 2.30. The van der Waals surface area contributed by atoms with E-state index in [0.717, 1.165) is 23.5 Å². The van der Waals surface area contributed by atoms with E-state index < -0.39 is 17.6 Å². The third-order valence-corrected chi connectivity index (χ3v) is 4.30. The molecule has 1 heterocycles. The van der Waals surface area contributed by atoms with Crippen LogP contribution in [0.2, 0.25) is 0 Å². The Kier molecular flexibility index (Phi) is 4.08. The molecule has 120 valence electrons. The Morgan fingerprint density at radius 2 is 1.96 bits per heavy atom. The zero-order valence-electron chi connectivity index (χ0n) is 11.9. The van der Waals surface area contributed by atoms with Crippen molar-refractivity contribution < 1.29 is 17.6 Å². The average molecular weight is 348 g/mol. The number of fused-ring (bicyclic) bond motifs is 1. The lowest BCUT2D eigenvalue weighted by molar-refractivity contribution is -0.137. The highest BCUT2D eigenvalue weighted by molar-refractivity contribution is 7.19. The van der Waals surface area contributed by atoms with Crippen LogP contribution in [0.25, 0.3) is 21.9 Å². The molecule has 24 heavy (non-hydrogen) atoms. The third-order valence-electron chi connectivity index (χ3n) is 3.23. The van der Waals surface area contributed by atoms with Crippen LogP contribution in [-0.4, -0.2) is 4.98 Å². The first kappa shape index (κ1) is 16.1. The monoisotopic (exact) mass is 348 g/mol. The lowest BCUT2D eigenvalue weighted by Gasteiger charge is -2.04. The van der Waals surface area contributed by atoms with Crippen molar-refractivity contribution in [2.75, 3.05) is 0 Å². The van der Waals surface area contributed by atoms with Gasteiger partial charge in [-0.3, -0.25) is 0 Å². The van der Waals surface area contributed by atoms with E-state index in [9.17, 15) is 22.8 Å². The van der Waals surface area contributed by atoms with Gasteiger partial charge >= 0.3 is 6.18 Å². The molecule has 3 aromatic rings. The van der Waals surface area contributed by atoms with Crippen molar-refractivity contribution in [1.82, 2.24) is 4.98 Å². The van der Waals surface area contributed by atoms with Crippen LogP contribution >= 0.6 is 11.3 Å². The van der Waals surface area contributed by atoms with Crippen LogP contribution < -0.4 is 0 Å². The first-order chi connectivity index (χ1) is 11.4. The minimum atomic E-state index is -4.45. The molecule has 0 aliphatic heterocycles. The Morgan fingerprint density at radius 1 is 1.17 bits per heavy atom. The molecule has 0 unspecified atom stereocenters. The molecule has 0 aliphatic rings. The van der Waals surface area contributed by atoms with Gasteiger partial charge in [-0.1, -0.05) is 12.1 Å². The number of aromatic nitrogens is 1. The Morgan fingerprint density at radius 3 is 2.62 bits per heavy atom. The van der Waals surface area contributed by atoms with E-state index in [1.807, 2.05) is 6.07 Å². The Hall–Kier alpha value is -2.72. The normalized spacial score (nSPS) is 12.4. The summed E-state index contributed by atoms with van der Waals surface area (Å²) in [6.45, 7) is 0. The number of nitrogens with zero attached hydrogens (tertiary/aromatic N) is 2. The first-order valence-electron chi connectivity index (χ1n) is 6.72. The van der Waals surface area contributed by atoms with Crippen molar-refractivity contribution in [2.24, 2.45) is 0 Å². The van der Waals surface area contributed by atoms with Crippen LogP contribution in [0.1, 0.15) is 16.1 Å². The van der Waals surface area contributed by atoms with Gasteiger partial charge in [-0.15, -0.1) is 11.3 Å². The van der Waals surface area contributed by atoms with Crippen molar-refractivity contribution in [3.05, 3.63) is 64.4 Å². The lowest BCUT2D eigenvalue weighted by Crippen LogP contribution is -2.03. The number of thiazole rings is 1. The van der Waals surface area contributed by atoms with Gasteiger partial charge in [-0.25, -0.2) is 9.37 Å². The maximum atomic E-state index is 13.2. The molecule has 0 saturated carbocycles. The van der Waals surface area contributed by atoms with Crippen LogP contribution in [0.3, 0.4) is 0 Å². The molecule has 0 bridgehead atoms. The third kappa shape index (κ3) is 3.29. The molecule has 2 nitrogen and oxygen atoms in total. The molecule has 0 amide bonds. The fourth-order valence-electron chi connectivity index (χ4n) is 2.12. The quantitative estimate of drug-likeness (QED) is 0.452. The van der Waals surface area contributed by atoms with Crippen LogP contribution in [0, 0.1) is 17.1 Å². The molecule has 0 aliphatic carbocycles. The SMILES string of the molecule is N#C/C(=C\c1cccc(F)c1)c1nc2cc(C(F)(F)F)ccc2s1. The average Bonchev–Trinajstić information content (AvgIpc) is 2.94. The summed E-state index contributed by atoms with van der Waals surface area (Å²) >= 11 is 1.11. The van der Waals surface area contributed by atoms with Gasteiger partial charge in [-0.05, 0) is 42.0 Å². The van der Waals surface area contributed by atoms with Crippen LogP contribution in [0.15, 0.2) is 42.5 Å². The highest BCUT2D eigenvalue weighted by Crippen LogP contribution is 2.34. The molecule has 7 heteroatoms. The zero-order valence-corrected chi connectivity index (χ0v) is 12.7. The summed E-state index contributed by atoms with van der Waals surface area (Å²) in [7, 11) is 0. The fourth-order valence-corrected chi connectivity index (χ4v) is 3.04. The second-order valence-corrected chi connectivity index (χ2v) is 5.95. The Labute approximate surface area is 138 Å². The van der Waals surface area contributed by atoms with E-state index in [1.54, 1.807) is 6.07 Å². The number of hydrogen-bond acceptors (Lipinski definition) is 3. The summed E-state index contributed by atoms with van der Waals surface area (Å²) in [5, 5.41) is 9.58. The summed E-state index contributed by atoms with van der Waals surface area (Å²) in [5.74, 6) is -0.444. The molecule has 0 spiro atoms. The number of nitriles is 1. The van der Waals surface area contributed by atoms with Crippen molar-refractivity contribution >= 4 is 33.2 Å². The molecule has 0 atom stereocenters. The molecule has 2 aromatic carbocycles. The number of rotatable bonds is 2. The van der Waals surface area contributed by atoms with Gasteiger partial charge in [0, 0.05) is 0 Å². The smallest absolute Gasteiger partial charge is 0.235 e. The number of halogens is 4. The number of hydrogen-bond donors (Lipinski definition) is 0. The van der Waals surface area contributed by atoms with Crippen molar-refractivity contribution in [1.29, 1.82) is 5.26 Å². The van der Waals surface area contributed by atoms with Gasteiger partial charge in [0.25, 0.3) is 0 Å². The molecule has 0 fully saturated rings. The largest absolute Gasteiger partial charge is 0.416 e.